The summed E-state index contributed by atoms with van der Waals surface area (Å²) in [6.45, 7) is 6.06. The van der Waals surface area contributed by atoms with Gasteiger partial charge in [-0.1, -0.05) is 35.9 Å². The second-order valence-corrected chi connectivity index (χ2v) is 10.4. The van der Waals surface area contributed by atoms with Crippen LogP contribution in [0.4, 0.5) is 4.79 Å². The second kappa shape index (κ2) is 9.68. The summed E-state index contributed by atoms with van der Waals surface area (Å²) in [5.41, 5.74) is 2.96. The van der Waals surface area contributed by atoms with E-state index in [1.165, 1.54) is 11.3 Å². The van der Waals surface area contributed by atoms with Crippen LogP contribution in [0, 0.1) is 0 Å². The van der Waals surface area contributed by atoms with Crippen molar-refractivity contribution >= 4 is 50.0 Å². The lowest BCUT2D eigenvalue weighted by Gasteiger charge is -2.19. The molecule has 0 bridgehead atoms. The van der Waals surface area contributed by atoms with E-state index in [0.29, 0.717) is 27.5 Å². The van der Waals surface area contributed by atoms with Crippen molar-refractivity contribution in [2.75, 3.05) is 13.7 Å². The van der Waals surface area contributed by atoms with Crippen LogP contribution in [0.5, 0.6) is 5.75 Å². The SMILES string of the molecule is COc1cc(Cl)c2[nH]c(=O)c3sccc3c2c1-c1ccc(CCCNC(=O)OC(C)(C)C)cc1. The largest absolute Gasteiger partial charge is 0.496 e. The van der Waals surface area contributed by atoms with Crippen LogP contribution in [0.15, 0.2) is 46.6 Å². The first-order valence-corrected chi connectivity index (χ1v) is 12.3. The van der Waals surface area contributed by atoms with Crippen molar-refractivity contribution in [1.82, 2.24) is 10.3 Å². The smallest absolute Gasteiger partial charge is 0.407 e. The van der Waals surface area contributed by atoms with Gasteiger partial charge in [0, 0.05) is 28.9 Å². The number of rotatable bonds is 6. The average molecular weight is 499 g/mol. The molecule has 34 heavy (non-hydrogen) atoms. The third kappa shape index (κ3) is 5.05. The summed E-state index contributed by atoms with van der Waals surface area (Å²) in [6.07, 6.45) is 1.21. The van der Waals surface area contributed by atoms with Crippen molar-refractivity contribution < 1.29 is 14.3 Å². The summed E-state index contributed by atoms with van der Waals surface area (Å²) in [6, 6.07) is 11.9. The van der Waals surface area contributed by atoms with Crippen LogP contribution in [0.2, 0.25) is 5.02 Å². The Bertz CT molecular complexity index is 1400. The number of halogens is 1. The normalized spacial score (nSPS) is 11.7. The Hall–Kier alpha value is -3.03. The fourth-order valence-corrected chi connectivity index (χ4v) is 4.99. The van der Waals surface area contributed by atoms with Crippen molar-refractivity contribution in [3.63, 3.8) is 0 Å². The maximum atomic E-state index is 12.5. The van der Waals surface area contributed by atoms with Crippen molar-refractivity contribution in [2.45, 2.75) is 39.2 Å². The van der Waals surface area contributed by atoms with Crippen LogP contribution in [0.3, 0.4) is 0 Å². The molecule has 0 atom stereocenters. The third-order valence-corrected chi connectivity index (χ3v) is 6.61. The van der Waals surface area contributed by atoms with Crippen molar-refractivity contribution in [2.24, 2.45) is 0 Å². The van der Waals surface area contributed by atoms with Gasteiger partial charge in [-0.05, 0) is 56.2 Å². The first kappa shape index (κ1) is 24.1. The van der Waals surface area contributed by atoms with Crippen LogP contribution in [-0.4, -0.2) is 30.3 Å². The summed E-state index contributed by atoms with van der Waals surface area (Å²) in [7, 11) is 1.61. The van der Waals surface area contributed by atoms with Gasteiger partial charge in [-0.2, -0.15) is 0 Å². The third-order valence-electron chi connectivity index (χ3n) is 5.40. The molecule has 0 radical (unpaired) electrons. The van der Waals surface area contributed by atoms with Gasteiger partial charge < -0.3 is 19.8 Å². The number of carbonyl (C=O) groups excluding carboxylic acids is 1. The van der Waals surface area contributed by atoms with E-state index in [9.17, 15) is 9.59 Å². The molecule has 1 amide bonds. The Kier molecular flexibility index (Phi) is 6.86. The molecule has 0 saturated heterocycles. The molecule has 0 aliphatic heterocycles. The highest BCUT2D eigenvalue weighted by Crippen LogP contribution is 2.43. The van der Waals surface area contributed by atoms with Crippen molar-refractivity contribution in [3.8, 4) is 16.9 Å². The van der Waals surface area contributed by atoms with Gasteiger partial charge in [0.05, 0.1) is 17.6 Å². The Morgan fingerprint density at radius 1 is 1.18 bits per heavy atom. The van der Waals surface area contributed by atoms with E-state index in [2.05, 4.69) is 22.4 Å². The van der Waals surface area contributed by atoms with Crippen LogP contribution >= 0.6 is 22.9 Å². The van der Waals surface area contributed by atoms with Gasteiger partial charge in [0.1, 0.15) is 16.1 Å². The van der Waals surface area contributed by atoms with E-state index < -0.39 is 11.7 Å². The first-order chi connectivity index (χ1) is 16.2. The summed E-state index contributed by atoms with van der Waals surface area (Å²) in [4.78, 5) is 27.2. The molecule has 178 valence electrons. The fourth-order valence-electron chi connectivity index (χ4n) is 3.95. The number of amides is 1. The Morgan fingerprint density at radius 2 is 1.91 bits per heavy atom. The number of ether oxygens (including phenoxy) is 2. The molecule has 0 saturated carbocycles. The number of H-pyrrole nitrogens is 1. The average Bonchev–Trinajstić information content (AvgIpc) is 3.27. The van der Waals surface area contributed by atoms with E-state index in [4.69, 9.17) is 21.1 Å². The zero-order valence-corrected chi connectivity index (χ0v) is 21.2. The molecule has 2 heterocycles. The zero-order valence-electron chi connectivity index (χ0n) is 19.6. The Labute approximate surface area is 206 Å². The molecule has 2 aromatic heterocycles. The minimum absolute atomic E-state index is 0.147. The van der Waals surface area contributed by atoms with Gasteiger partial charge in [-0.3, -0.25) is 4.79 Å². The van der Waals surface area contributed by atoms with Crippen LogP contribution in [0.1, 0.15) is 32.8 Å². The maximum absolute atomic E-state index is 12.5. The topological polar surface area (TPSA) is 80.4 Å². The minimum atomic E-state index is -0.506. The first-order valence-electron chi connectivity index (χ1n) is 11.0. The van der Waals surface area contributed by atoms with E-state index in [-0.39, 0.29) is 5.56 Å². The van der Waals surface area contributed by atoms with E-state index in [1.54, 1.807) is 13.2 Å². The number of fused-ring (bicyclic) bond motifs is 3. The molecule has 2 N–H and O–H groups in total. The molecule has 4 aromatic rings. The van der Waals surface area contributed by atoms with Crippen LogP contribution in [-0.2, 0) is 11.2 Å². The van der Waals surface area contributed by atoms with Gasteiger partial charge in [0.2, 0.25) is 0 Å². The standard InChI is InChI=1S/C26H27ClN2O4S/c1-26(2,3)33-25(31)28-12-5-6-15-7-9-16(10-8-15)20-19(32-4)14-18(27)22-21(20)17-11-13-34-23(17)24(30)29-22/h7-11,13-14H,5-6,12H2,1-4H3,(H,28,31)(H,29,30). The number of pyridine rings is 1. The molecule has 0 spiro atoms. The molecule has 0 unspecified atom stereocenters. The van der Waals surface area contributed by atoms with Crippen molar-refractivity contribution in [1.29, 1.82) is 0 Å². The van der Waals surface area contributed by atoms with Gasteiger partial charge in [-0.15, -0.1) is 11.3 Å². The highest BCUT2D eigenvalue weighted by Gasteiger charge is 2.19. The number of hydrogen-bond acceptors (Lipinski definition) is 5. The van der Waals surface area contributed by atoms with E-state index >= 15 is 0 Å². The quantitative estimate of drug-likeness (QED) is 0.296. The maximum Gasteiger partial charge on any atom is 0.407 e. The molecule has 2 aromatic carbocycles. The highest BCUT2D eigenvalue weighted by atomic mass is 35.5. The number of alkyl carbamates (subject to hydrolysis) is 1. The molecule has 0 aliphatic carbocycles. The number of benzene rings is 2. The minimum Gasteiger partial charge on any atom is -0.496 e. The summed E-state index contributed by atoms with van der Waals surface area (Å²) >= 11 is 7.91. The number of aromatic nitrogens is 1. The number of hydrogen-bond donors (Lipinski definition) is 2. The Morgan fingerprint density at radius 3 is 2.59 bits per heavy atom. The van der Waals surface area contributed by atoms with Gasteiger partial charge >= 0.3 is 6.09 Å². The lowest BCUT2D eigenvalue weighted by Crippen LogP contribution is -2.33. The van der Waals surface area contributed by atoms with Crippen LogP contribution in [0.25, 0.3) is 32.1 Å². The fraction of sp³-hybridized carbons (Fsp3) is 0.308. The molecule has 8 heteroatoms. The highest BCUT2D eigenvalue weighted by molar-refractivity contribution is 7.17. The number of methoxy groups -OCH3 is 1. The second-order valence-electron chi connectivity index (χ2n) is 9.03. The van der Waals surface area contributed by atoms with Crippen LogP contribution < -0.4 is 15.6 Å². The van der Waals surface area contributed by atoms with Gasteiger partial charge in [-0.25, -0.2) is 4.79 Å². The molecule has 4 rings (SSSR count). The molecular weight excluding hydrogens is 472 g/mol. The molecule has 0 fully saturated rings. The lowest BCUT2D eigenvalue weighted by atomic mass is 9.96. The molecule has 6 nitrogen and oxygen atoms in total. The Balaban J connectivity index is 1.59. The zero-order chi connectivity index (χ0) is 24.5. The number of aromatic amines is 1. The van der Waals surface area contributed by atoms with Gasteiger partial charge in [0.25, 0.3) is 5.56 Å². The molecular formula is C26H27ClN2O4S. The van der Waals surface area contributed by atoms with E-state index in [1.807, 2.05) is 44.4 Å². The number of nitrogens with one attached hydrogen (secondary N) is 2. The van der Waals surface area contributed by atoms with E-state index in [0.717, 1.165) is 40.3 Å². The van der Waals surface area contributed by atoms with Gasteiger partial charge in [0.15, 0.2) is 0 Å². The summed E-state index contributed by atoms with van der Waals surface area (Å²) < 4.78 is 11.6. The lowest BCUT2D eigenvalue weighted by molar-refractivity contribution is 0.0527. The number of thiophene rings is 1. The predicted octanol–water partition coefficient (Wildman–Crippen LogP) is 6.53. The summed E-state index contributed by atoms with van der Waals surface area (Å²) in [5.74, 6) is 0.645. The monoisotopic (exact) mass is 498 g/mol. The van der Waals surface area contributed by atoms with Crippen molar-refractivity contribution in [3.05, 3.63) is 62.7 Å². The number of carbonyl (C=O) groups is 1. The number of aryl methyl sites for hydroxylation is 1. The predicted molar refractivity (Wildman–Crippen MR) is 140 cm³/mol. The summed E-state index contributed by atoms with van der Waals surface area (Å²) in [5, 5.41) is 6.86. The molecule has 0 aliphatic rings.